The van der Waals surface area contributed by atoms with Crippen LogP contribution in [0.1, 0.15) is 55.7 Å². The summed E-state index contributed by atoms with van der Waals surface area (Å²) in [6.45, 7) is 3.88. The van der Waals surface area contributed by atoms with Crippen molar-refractivity contribution in [2.24, 2.45) is 11.1 Å². The molecule has 9 heteroatoms. The van der Waals surface area contributed by atoms with Crippen molar-refractivity contribution >= 4 is 45.9 Å². The van der Waals surface area contributed by atoms with Crippen LogP contribution in [0.2, 0.25) is 0 Å². The molecule has 0 bridgehead atoms. The number of benzene rings is 2. The Morgan fingerprint density at radius 1 is 1.00 bits per heavy atom. The highest BCUT2D eigenvalue weighted by Crippen LogP contribution is 2.49. The van der Waals surface area contributed by atoms with Crippen molar-refractivity contribution in [1.29, 1.82) is 0 Å². The normalized spacial score (nSPS) is 16.1. The molecule has 2 aromatic carbocycles. The number of hydrogen-bond acceptors (Lipinski definition) is 6. The number of amides is 2. The zero-order valence-corrected chi connectivity index (χ0v) is 22.7. The molecule has 0 atom stereocenters. The Balaban J connectivity index is 1.32. The molecule has 2 aromatic heterocycles. The molecule has 0 radical (unpaired) electrons. The molecule has 2 heterocycles. The number of carbonyl (C=O) groups excluding carboxylic acids is 2. The maximum atomic E-state index is 13.6. The van der Waals surface area contributed by atoms with Crippen molar-refractivity contribution in [2.75, 3.05) is 10.2 Å². The Morgan fingerprint density at radius 2 is 1.62 bits per heavy atom. The van der Waals surface area contributed by atoms with Gasteiger partial charge in [-0.15, -0.1) is 0 Å². The molecular formula is C31H32N6O3. The van der Waals surface area contributed by atoms with E-state index in [9.17, 15) is 14.4 Å². The molecule has 204 valence electrons. The molecule has 9 nitrogen and oxygen atoms in total. The van der Waals surface area contributed by atoms with Gasteiger partial charge in [0.05, 0.1) is 0 Å². The summed E-state index contributed by atoms with van der Waals surface area (Å²) >= 11 is 0. The van der Waals surface area contributed by atoms with Gasteiger partial charge in [-0.1, -0.05) is 30.5 Å². The van der Waals surface area contributed by atoms with Gasteiger partial charge in [-0.05, 0) is 81.5 Å². The van der Waals surface area contributed by atoms with Crippen molar-refractivity contribution in [3.8, 4) is 0 Å². The topological polar surface area (TPSA) is 123 Å². The molecule has 4 aromatic rings. The molecule has 2 saturated carbocycles. The van der Waals surface area contributed by atoms with Gasteiger partial charge in [0.25, 0.3) is 5.56 Å². The van der Waals surface area contributed by atoms with Gasteiger partial charge in [0.15, 0.2) is 0 Å². The second-order valence-corrected chi connectivity index (χ2v) is 11.0. The minimum Gasteiger partial charge on any atom is -0.369 e. The van der Waals surface area contributed by atoms with Crippen molar-refractivity contribution in [3.05, 3.63) is 82.3 Å². The molecular weight excluding hydrogens is 504 g/mol. The van der Waals surface area contributed by atoms with E-state index >= 15 is 0 Å². The lowest BCUT2D eigenvalue weighted by molar-refractivity contribution is -0.133. The summed E-state index contributed by atoms with van der Waals surface area (Å²) in [6.07, 6.45) is 6.83. The zero-order chi connectivity index (χ0) is 28.0. The van der Waals surface area contributed by atoms with E-state index in [4.69, 9.17) is 10.7 Å². The quantitative estimate of drug-likeness (QED) is 0.313. The number of aryl methyl sites for hydroxylation is 2. The summed E-state index contributed by atoms with van der Waals surface area (Å²) < 4.78 is 1.82. The number of anilines is 4. The smallest absolute Gasteiger partial charge is 0.252 e. The maximum Gasteiger partial charge on any atom is 0.252 e. The summed E-state index contributed by atoms with van der Waals surface area (Å²) in [6, 6.07) is 16.7. The first kappa shape index (κ1) is 25.7. The number of nitrogens with two attached hydrogens (primary N) is 1. The number of rotatable bonds is 7. The Morgan fingerprint density at radius 3 is 2.23 bits per heavy atom. The second kappa shape index (κ2) is 9.89. The average Bonchev–Trinajstić information content (AvgIpc) is 3.59. The van der Waals surface area contributed by atoms with E-state index in [1.165, 1.54) is 0 Å². The van der Waals surface area contributed by atoms with Crippen molar-refractivity contribution in [2.45, 2.75) is 58.4 Å². The minimum atomic E-state index is -1.16. The predicted octanol–water partition coefficient (Wildman–Crippen LogP) is 5.20. The van der Waals surface area contributed by atoms with E-state index in [2.05, 4.69) is 10.3 Å². The number of hydrogen-bond donors (Lipinski definition) is 2. The SMILES string of the molecule is Cc1ccc(N(C(=O)C2(C(N)=O)CC2)c2ccc(Nc3ncc4c(C)cc(=O)n(C5CCCC5)c4n3)cc2)cc1. The van der Waals surface area contributed by atoms with Gasteiger partial charge in [0.2, 0.25) is 17.8 Å². The van der Waals surface area contributed by atoms with E-state index in [1.54, 1.807) is 17.2 Å². The maximum absolute atomic E-state index is 13.6. The highest BCUT2D eigenvalue weighted by molar-refractivity contribution is 6.16. The Bertz CT molecular complexity index is 1670. The molecule has 0 saturated heterocycles. The third kappa shape index (κ3) is 4.51. The highest BCUT2D eigenvalue weighted by atomic mass is 16.2. The first-order valence-electron chi connectivity index (χ1n) is 13.7. The van der Waals surface area contributed by atoms with E-state index in [-0.39, 0.29) is 17.5 Å². The summed E-state index contributed by atoms with van der Waals surface area (Å²) in [5.74, 6) is -0.524. The summed E-state index contributed by atoms with van der Waals surface area (Å²) in [4.78, 5) is 49.6. The van der Waals surface area contributed by atoms with Crippen molar-refractivity contribution in [1.82, 2.24) is 14.5 Å². The zero-order valence-electron chi connectivity index (χ0n) is 22.7. The van der Waals surface area contributed by atoms with Gasteiger partial charge in [0.1, 0.15) is 11.1 Å². The molecule has 0 unspecified atom stereocenters. The molecule has 0 aliphatic heterocycles. The van der Waals surface area contributed by atoms with Crippen molar-refractivity contribution < 1.29 is 9.59 Å². The molecule has 0 spiro atoms. The molecule has 40 heavy (non-hydrogen) atoms. The van der Waals surface area contributed by atoms with Crippen LogP contribution >= 0.6 is 0 Å². The van der Waals surface area contributed by atoms with E-state index in [1.807, 2.05) is 66.9 Å². The van der Waals surface area contributed by atoms with Crippen LogP contribution in [-0.4, -0.2) is 26.3 Å². The molecule has 3 N–H and O–H groups in total. The van der Waals surface area contributed by atoms with Gasteiger partial charge in [-0.3, -0.25) is 23.9 Å². The number of pyridine rings is 1. The number of nitrogens with zero attached hydrogens (tertiary/aromatic N) is 4. The summed E-state index contributed by atoms with van der Waals surface area (Å²) in [5, 5.41) is 4.11. The Kier molecular flexibility index (Phi) is 6.37. The third-order valence-corrected chi connectivity index (χ3v) is 8.20. The predicted molar refractivity (Wildman–Crippen MR) is 155 cm³/mol. The van der Waals surface area contributed by atoms with Gasteiger partial charge >= 0.3 is 0 Å². The van der Waals surface area contributed by atoms with Crippen LogP contribution < -0.4 is 21.5 Å². The van der Waals surface area contributed by atoms with Crippen LogP contribution in [0.25, 0.3) is 11.0 Å². The van der Waals surface area contributed by atoms with Gasteiger partial charge in [-0.2, -0.15) is 4.98 Å². The van der Waals surface area contributed by atoms with Crippen molar-refractivity contribution in [3.63, 3.8) is 0 Å². The van der Waals surface area contributed by atoms with Crippen LogP contribution in [-0.2, 0) is 9.59 Å². The fraction of sp³-hybridized carbons (Fsp3) is 0.323. The third-order valence-electron chi connectivity index (χ3n) is 8.20. The Hall–Kier alpha value is -4.53. The Labute approximate surface area is 232 Å². The number of fused-ring (bicyclic) bond motifs is 1. The first-order valence-corrected chi connectivity index (χ1v) is 13.7. The van der Waals surface area contributed by atoms with Gasteiger partial charge in [0, 0.05) is 40.8 Å². The van der Waals surface area contributed by atoms with E-state index in [0.717, 1.165) is 47.9 Å². The highest BCUT2D eigenvalue weighted by Gasteiger charge is 2.57. The van der Waals surface area contributed by atoms with Crippen LogP contribution in [0.5, 0.6) is 0 Å². The number of aromatic nitrogens is 3. The van der Waals surface area contributed by atoms with E-state index in [0.29, 0.717) is 35.8 Å². The molecule has 6 rings (SSSR count). The van der Waals surface area contributed by atoms with Crippen LogP contribution in [0, 0.1) is 19.3 Å². The lowest BCUT2D eigenvalue weighted by Gasteiger charge is -2.27. The second-order valence-electron chi connectivity index (χ2n) is 11.0. The fourth-order valence-electron chi connectivity index (χ4n) is 5.65. The van der Waals surface area contributed by atoms with Gasteiger partial charge in [-0.25, -0.2) is 4.98 Å². The average molecular weight is 537 g/mol. The van der Waals surface area contributed by atoms with Crippen LogP contribution in [0.3, 0.4) is 0 Å². The van der Waals surface area contributed by atoms with Crippen LogP contribution in [0.15, 0.2) is 65.6 Å². The molecule has 2 aliphatic carbocycles. The molecule has 2 fully saturated rings. The van der Waals surface area contributed by atoms with Gasteiger partial charge < -0.3 is 11.1 Å². The number of nitrogens with one attached hydrogen (secondary N) is 1. The minimum absolute atomic E-state index is 0.0313. The van der Waals surface area contributed by atoms with E-state index < -0.39 is 11.3 Å². The lowest BCUT2D eigenvalue weighted by atomic mass is 10.0. The lowest BCUT2D eigenvalue weighted by Crippen LogP contribution is -2.41. The monoisotopic (exact) mass is 536 g/mol. The summed E-state index contributed by atoms with van der Waals surface area (Å²) in [5.41, 5.74) is 9.02. The molecule has 2 amide bonds. The largest absolute Gasteiger partial charge is 0.369 e. The number of primary amides is 1. The number of carbonyl (C=O) groups is 2. The summed E-state index contributed by atoms with van der Waals surface area (Å²) in [7, 11) is 0. The van der Waals surface area contributed by atoms with Crippen LogP contribution in [0.4, 0.5) is 23.0 Å². The fourth-order valence-corrected chi connectivity index (χ4v) is 5.65. The standard InChI is InChI=1S/C31H32N6O3/c1-19-7-11-23(12-8-19)36(29(40)31(15-16-31)28(32)39)24-13-9-21(10-14-24)34-30-33-18-25-20(2)17-26(38)37(27(25)35-30)22-5-3-4-6-22/h7-14,17-18,22H,3-6,15-16H2,1-2H3,(H2,32,39)(H,33,34,35). The molecule has 2 aliphatic rings. The first-order chi connectivity index (χ1) is 19.3.